The summed E-state index contributed by atoms with van der Waals surface area (Å²) in [7, 11) is 0. The number of halogens is 2. The largest absolute Gasteiger partial charge is 0.0843 e. The zero-order valence-electron chi connectivity index (χ0n) is 13.2. The molecule has 3 aromatic rings. The predicted octanol–water partition coefficient (Wildman–Crippen LogP) is 5.92. The SMILES string of the molecule is [2H]c1c([2H])c(Cl)c([2H])c(-c2ccc3cc(Br)ccc3c2)c1[2H]. The lowest BCUT2D eigenvalue weighted by Gasteiger charge is -2.05. The van der Waals surface area contributed by atoms with Crippen LogP contribution in [0.1, 0.15) is 5.48 Å². The molecule has 0 nitrogen and oxygen atoms in total. The highest BCUT2D eigenvalue weighted by atomic mass is 79.9. The monoisotopic (exact) mass is 320 g/mol. The average Bonchev–Trinajstić information content (AvgIpc) is 2.51. The molecule has 0 atom stereocenters. The summed E-state index contributed by atoms with van der Waals surface area (Å²) in [6, 6.07) is 10.7. The summed E-state index contributed by atoms with van der Waals surface area (Å²) < 4.78 is 32.6. The molecule has 0 bridgehead atoms. The maximum absolute atomic E-state index is 8.09. The van der Waals surface area contributed by atoms with Gasteiger partial charge in [0.25, 0.3) is 0 Å². The van der Waals surface area contributed by atoms with E-state index in [0.717, 1.165) is 15.2 Å². The van der Waals surface area contributed by atoms with Gasteiger partial charge in [-0.3, -0.25) is 0 Å². The highest BCUT2D eigenvalue weighted by Gasteiger charge is 2.01. The van der Waals surface area contributed by atoms with Gasteiger partial charge in [-0.25, -0.2) is 0 Å². The second-order valence-corrected chi connectivity index (χ2v) is 5.19. The van der Waals surface area contributed by atoms with Gasteiger partial charge in [-0.15, -0.1) is 0 Å². The molecule has 0 aliphatic heterocycles. The maximum Gasteiger partial charge on any atom is 0.0645 e. The van der Waals surface area contributed by atoms with E-state index in [2.05, 4.69) is 15.9 Å². The molecule has 0 aromatic heterocycles. The van der Waals surface area contributed by atoms with Crippen molar-refractivity contribution in [2.75, 3.05) is 0 Å². The van der Waals surface area contributed by atoms with Gasteiger partial charge in [0, 0.05) is 9.50 Å². The second-order valence-electron chi connectivity index (χ2n) is 3.90. The Balaban J connectivity index is 2.30. The van der Waals surface area contributed by atoms with Gasteiger partial charge in [0.1, 0.15) is 0 Å². The molecule has 0 amide bonds. The molecule has 88 valence electrons. The van der Waals surface area contributed by atoms with E-state index in [4.69, 9.17) is 17.1 Å². The first-order valence-electron chi connectivity index (χ1n) is 7.35. The van der Waals surface area contributed by atoms with Crippen LogP contribution in [0.4, 0.5) is 0 Å². The van der Waals surface area contributed by atoms with E-state index in [1.807, 2.05) is 30.3 Å². The van der Waals surface area contributed by atoms with E-state index >= 15 is 0 Å². The summed E-state index contributed by atoms with van der Waals surface area (Å²) in [6.07, 6.45) is 0. The minimum Gasteiger partial charge on any atom is -0.0843 e. The van der Waals surface area contributed by atoms with E-state index in [9.17, 15) is 0 Å². The fraction of sp³-hybridized carbons (Fsp3) is 0. The molecule has 2 heteroatoms. The molecule has 0 unspecified atom stereocenters. The van der Waals surface area contributed by atoms with Crippen molar-refractivity contribution >= 4 is 38.3 Å². The topological polar surface area (TPSA) is 0 Å². The molecular weight excluding hydrogens is 308 g/mol. The zero-order chi connectivity index (χ0) is 16.0. The van der Waals surface area contributed by atoms with Crippen LogP contribution in [0.3, 0.4) is 0 Å². The molecule has 0 fully saturated rings. The minimum atomic E-state index is -0.273. The Morgan fingerprint density at radius 3 is 2.61 bits per heavy atom. The lowest BCUT2D eigenvalue weighted by Crippen LogP contribution is -1.79. The van der Waals surface area contributed by atoms with Crippen LogP contribution < -0.4 is 0 Å². The molecule has 0 saturated heterocycles. The molecule has 0 radical (unpaired) electrons. The highest BCUT2D eigenvalue weighted by molar-refractivity contribution is 9.10. The smallest absolute Gasteiger partial charge is 0.0645 e. The van der Waals surface area contributed by atoms with Crippen LogP contribution in [0.15, 0.2) is 65.0 Å². The van der Waals surface area contributed by atoms with Crippen molar-refractivity contribution in [2.45, 2.75) is 0 Å². The van der Waals surface area contributed by atoms with Gasteiger partial charge in [-0.1, -0.05) is 57.8 Å². The number of fused-ring (bicyclic) bond motifs is 1. The van der Waals surface area contributed by atoms with Crippen LogP contribution in [0.2, 0.25) is 5.02 Å². The molecule has 0 spiro atoms. The van der Waals surface area contributed by atoms with Crippen molar-refractivity contribution in [3.63, 3.8) is 0 Å². The fourth-order valence-electron chi connectivity index (χ4n) is 1.84. The van der Waals surface area contributed by atoms with Gasteiger partial charge < -0.3 is 0 Å². The molecule has 3 rings (SSSR count). The third-order valence-corrected chi connectivity index (χ3v) is 3.37. The van der Waals surface area contributed by atoms with E-state index in [0.29, 0.717) is 5.56 Å². The Morgan fingerprint density at radius 2 is 1.72 bits per heavy atom. The molecule has 0 aliphatic carbocycles. The summed E-state index contributed by atoms with van der Waals surface area (Å²) in [6.45, 7) is 0. The predicted molar refractivity (Wildman–Crippen MR) is 82.1 cm³/mol. The standard InChI is InChI=1S/C16H10BrCl/c17-15-7-6-13-8-12(4-5-14(13)9-15)11-2-1-3-16(18)10-11/h1-10H/i1D,2D,3D,10D. The van der Waals surface area contributed by atoms with Crippen molar-refractivity contribution < 1.29 is 5.48 Å². The third-order valence-electron chi connectivity index (χ3n) is 2.69. The first-order valence-corrected chi connectivity index (χ1v) is 6.52. The number of hydrogen-bond donors (Lipinski definition) is 0. The van der Waals surface area contributed by atoms with E-state index in [1.54, 1.807) is 6.07 Å². The van der Waals surface area contributed by atoms with Crippen LogP contribution in [0.5, 0.6) is 0 Å². The second kappa shape index (κ2) is 4.75. The fourth-order valence-corrected chi connectivity index (χ4v) is 2.36. The minimum absolute atomic E-state index is 0.0795. The van der Waals surface area contributed by atoms with Gasteiger partial charge in [0.2, 0.25) is 0 Å². The third kappa shape index (κ3) is 2.29. The van der Waals surface area contributed by atoms with Gasteiger partial charge in [-0.05, 0) is 52.2 Å². The highest BCUT2D eigenvalue weighted by Crippen LogP contribution is 2.27. The number of benzene rings is 3. The van der Waals surface area contributed by atoms with Crippen LogP contribution in [0.25, 0.3) is 21.9 Å². The summed E-state index contributed by atoms with van der Waals surface area (Å²) >= 11 is 9.39. The molecule has 0 N–H and O–H groups in total. The molecule has 0 aliphatic rings. The lowest BCUT2D eigenvalue weighted by molar-refractivity contribution is 1.63. The van der Waals surface area contributed by atoms with Gasteiger partial charge >= 0.3 is 0 Å². The normalized spacial score (nSPS) is 13.9. The van der Waals surface area contributed by atoms with E-state index < -0.39 is 0 Å². The van der Waals surface area contributed by atoms with Crippen LogP contribution in [-0.4, -0.2) is 0 Å². The van der Waals surface area contributed by atoms with E-state index in [-0.39, 0.29) is 34.8 Å². The first-order chi connectivity index (χ1) is 10.4. The summed E-state index contributed by atoms with van der Waals surface area (Å²) in [4.78, 5) is 0. The molecule has 0 saturated carbocycles. The van der Waals surface area contributed by atoms with Gasteiger partial charge in [-0.2, -0.15) is 0 Å². The Labute approximate surface area is 125 Å². The van der Waals surface area contributed by atoms with Crippen molar-refractivity contribution in [3.05, 3.63) is 70.1 Å². The number of rotatable bonds is 1. The average molecular weight is 322 g/mol. The molecular formula is C16H10BrCl. The summed E-state index contributed by atoms with van der Waals surface area (Å²) in [5.74, 6) is 0. The van der Waals surface area contributed by atoms with Crippen molar-refractivity contribution in [1.82, 2.24) is 0 Å². The Hall–Kier alpha value is -1.31. The number of hydrogen-bond acceptors (Lipinski definition) is 0. The van der Waals surface area contributed by atoms with Gasteiger partial charge in [0.15, 0.2) is 0 Å². The quantitative estimate of drug-likeness (QED) is 0.521. The molecule has 3 aromatic carbocycles. The molecule has 0 heterocycles. The molecule has 18 heavy (non-hydrogen) atoms. The van der Waals surface area contributed by atoms with Gasteiger partial charge in [0.05, 0.1) is 5.48 Å². The van der Waals surface area contributed by atoms with Crippen molar-refractivity contribution in [3.8, 4) is 11.1 Å². The Morgan fingerprint density at radius 1 is 0.944 bits per heavy atom. The Bertz CT molecular complexity index is 879. The van der Waals surface area contributed by atoms with E-state index in [1.165, 1.54) is 0 Å². The van der Waals surface area contributed by atoms with Crippen molar-refractivity contribution in [2.24, 2.45) is 0 Å². The van der Waals surface area contributed by atoms with Crippen LogP contribution >= 0.6 is 27.5 Å². The lowest BCUT2D eigenvalue weighted by atomic mass is 10.0. The summed E-state index contributed by atoms with van der Waals surface area (Å²) in [5.41, 5.74) is 0.941. The first kappa shape index (κ1) is 7.98. The summed E-state index contributed by atoms with van der Waals surface area (Å²) in [5, 5.41) is 1.91. The van der Waals surface area contributed by atoms with Crippen LogP contribution in [0, 0.1) is 0 Å². The van der Waals surface area contributed by atoms with Crippen LogP contribution in [-0.2, 0) is 0 Å². The Kier molecular flexibility index (Phi) is 2.11. The maximum atomic E-state index is 8.09. The zero-order valence-corrected chi connectivity index (χ0v) is 11.6. The van der Waals surface area contributed by atoms with Crippen molar-refractivity contribution in [1.29, 1.82) is 0 Å².